The zero-order valence-electron chi connectivity index (χ0n) is 11.7. The lowest BCUT2D eigenvalue weighted by Gasteiger charge is -2.13. The molecule has 0 N–H and O–H groups in total. The standard InChI is InChI=1S/C15H14F3N3O/c16-15(17,18)11-4-3-5-12(10-11)21-9-6-13(19-21)14(22)20-7-1-2-8-20/h3-6,9-10H,1-2,7-8H2. The second-order valence-corrected chi connectivity index (χ2v) is 5.19. The van der Waals surface area contributed by atoms with Crippen molar-refractivity contribution in [3.8, 4) is 5.69 Å². The molecular formula is C15H14F3N3O. The average Bonchev–Trinajstić information content (AvgIpc) is 3.17. The van der Waals surface area contributed by atoms with E-state index in [4.69, 9.17) is 0 Å². The van der Waals surface area contributed by atoms with Crippen molar-refractivity contribution < 1.29 is 18.0 Å². The molecule has 0 radical (unpaired) electrons. The van der Waals surface area contributed by atoms with E-state index in [9.17, 15) is 18.0 Å². The predicted octanol–water partition coefficient (Wildman–Crippen LogP) is 3.13. The Balaban J connectivity index is 1.86. The normalized spacial score (nSPS) is 15.3. The summed E-state index contributed by atoms with van der Waals surface area (Å²) in [4.78, 5) is 13.9. The van der Waals surface area contributed by atoms with Gasteiger partial charge >= 0.3 is 6.18 Å². The fourth-order valence-corrected chi connectivity index (χ4v) is 2.49. The van der Waals surface area contributed by atoms with Crippen molar-refractivity contribution in [3.63, 3.8) is 0 Å². The molecule has 1 aliphatic rings. The van der Waals surface area contributed by atoms with Crippen LogP contribution in [0.2, 0.25) is 0 Å². The Morgan fingerprint density at radius 3 is 2.55 bits per heavy atom. The fourth-order valence-electron chi connectivity index (χ4n) is 2.49. The van der Waals surface area contributed by atoms with Gasteiger partial charge in [0.15, 0.2) is 5.69 Å². The third-order valence-electron chi connectivity index (χ3n) is 3.64. The maximum Gasteiger partial charge on any atom is 0.416 e. The number of likely N-dealkylation sites (tertiary alicyclic amines) is 1. The van der Waals surface area contributed by atoms with Crippen molar-refractivity contribution in [1.29, 1.82) is 0 Å². The van der Waals surface area contributed by atoms with Gasteiger partial charge in [-0.1, -0.05) is 6.07 Å². The van der Waals surface area contributed by atoms with Crippen LogP contribution in [0, 0.1) is 0 Å². The molecule has 116 valence electrons. The summed E-state index contributed by atoms with van der Waals surface area (Å²) in [6, 6.07) is 6.38. The molecule has 1 aromatic carbocycles. The van der Waals surface area contributed by atoms with Gasteiger partial charge in [0.2, 0.25) is 0 Å². The van der Waals surface area contributed by atoms with Gasteiger partial charge in [0.1, 0.15) is 0 Å². The number of halogens is 3. The molecular weight excluding hydrogens is 295 g/mol. The molecule has 0 saturated carbocycles. The first-order valence-electron chi connectivity index (χ1n) is 6.98. The van der Waals surface area contributed by atoms with E-state index in [-0.39, 0.29) is 17.3 Å². The van der Waals surface area contributed by atoms with Gasteiger partial charge in [-0.05, 0) is 37.1 Å². The summed E-state index contributed by atoms with van der Waals surface area (Å²) in [5.41, 5.74) is -0.220. The summed E-state index contributed by atoms with van der Waals surface area (Å²) in [6.07, 6.45) is -0.962. The SMILES string of the molecule is O=C(c1ccn(-c2cccc(C(F)(F)F)c2)n1)N1CCCC1. The Morgan fingerprint density at radius 2 is 1.86 bits per heavy atom. The highest BCUT2D eigenvalue weighted by Crippen LogP contribution is 2.30. The first-order valence-corrected chi connectivity index (χ1v) is 6.98. The maximum atomic E-state index is 12.7. The first kappa shape index (κ1) is 14.6. The average molecular weight is 309 g/mol. The minimum atomic E-state index is -4.41. The fraction of sp³-hybridized carbons (Fsp3) is 0.333. The van der Waals surface area contributed by atoms with Gasteiger partial charge in [0.05, 0.1) is 11.3 Å². The molecule has 0 spiro atoms. The Bertz CT molecular complexity index is 687. The molecule has 2 aromatic rings. The zero-order valence-corrected chi connectivity index (χ0v) is 11.7. The third-order valence-corrected chi connectivity index (χ3v) is 3.64. The van der Waals surface area contributed by atoms with Gasteiger partial charge in [-0.3, -0.25) is 4.79 Å². The number of hydrogen-bond acceptors (Lipinski definition) is 2. The number of nitrogens with zero attached hydrogens (tertiary/aromatic N) is 3. The van der Waals surface area contributed by atoms with Crippen molar-refractivity contribution >= 4 is 5.91 Å². The molecule has 1 amide bonds. The largest absolute Gasteiger partial charge is 0.416 e. The molecule has 4 nitrogen and oxygen atoms in total. The summed E-state index contributed by atoms with van der Waals surface area (Å²) >= 11 is 0. The lowest BCUT2D eigenvalue weighted by atomic mass is 10.2. The van der Waals surface area contributed by atoms with Crippen LogP contribution in [0.1, 0.15) is 28.9 Å². The molecule has 1 fully saturated rings. The Labute approximate surface area is 125 Å². The Kier molecular flexibility index (Phi) is 3.64. The highest BCUT2D eigenvalue weighted by molar-refractivity contribution is 5.92. The van der Waals surface area contributed by atoms with E-state index in [1.54, 1.807) is 4.90 Å². The number of amides is 1. The maximum absolute atomic E-state index is 12.7. The van der Waals surface area contributed by atoms with E-state index in [1.807, 2.05) is 0 Å². The van der Waals surface area contributed by atoms with Crippen LogP contribution in [0.15, 0.2) is 36.5 Å². The van der Waals surface area contributed by atoms with Gasteiger partial charge in [-0.2, -0.15) is 18.3 Å². The van der Waals surface area contributed by atoms with Crippen LogP contribution in [-0.2, 0) is 6.18 Å². The number of carbonyl (C=O) groups excluding carboxylic acids is 1. The van der Waals surface area contributed by atoms with Gasteiger partial charge in [-0.25, -0.2) is 4.68 Å². The summed E-state index contributed by atoms with van der Waals surface area (Å²) in [6.45, 7) is 1.41. The van der Waals surface area contributed by atoms with E-state index in [0.717, 1.165) is 25.0 Å². The van der Waals surface area contributed by atoms with E-state index < -0.39 is 11.7 Å². The molecule has 1 saturated heterocycles. The monoisotopic (exact) mass is 309 g/mol. The van der Waals surface area contributed by atoms with Gasteiger partial charge in [0.25, 0.3) is 5.91 Å². The molecule has 0 aliphatic carbocycles. The quantitative estimate of drug-likeness (QED) is 0.855. The molecule has 0 atom stereocenters. The van der Waals surface area contributed by atoms with Crippen LogP contribution < -0.4 is 0 Å². The van der Waals surface area contributed by atoms with Gasteiger partial charge in [-0.15, -0.1) is 0 Å². The summed E-state index contributed by atoms with van der Waals surface area (Å²) in [7, 11) is 0. The number of hydrogen-bond donors (Lipinski definition) is 0. The third kappa shape index (κ3) is 2.84. The van der Waals surface area contributed by atoms with Crippen molar-refractivity contribution in [2.75, 3.05) is 13.1 Å². The van der Waals surface area contributed by atoms with Crippen molar-refractivity contribution in [3.05, 3.63) is 47.8 Å². The van der Waals surface area contributed by atoms with E-state index in [1.165, 1.54) is 29.1 Å². The van der Waals surface area contributed by atoms with Gasteiger partial charge < -0.3 is 4.90 Å². The minimum absolute atomic E-state index is 0.178. The summed E-state index contributed by atoms with van der Waals surface area (Å²) in [5.74, 6) is -0.178. The molecule has 0 bridgehead atoms. The smallest absolute Gasteiger partial charge is 0.337 e. The lowest BCUT2D eigenvalue weighted by molar-refractivity contribution is -0.137. The van der Waals surface area contributed by atoms with Crippen LogP contribution >= 0.6 is 0 Å². The second kappa shape index (κ2) is 5.47. The van der Waals surface area contributed by atoms with Crippen molar-refractivity contribution in [1.82, 2.24) is 14.7 Å². The molecule has 22 heavy (non-hydrogen) atoms. The van der Waals surface area contributed by atoms with Crippen LogP contribution in [0.5, 0.6) is 0 Å². The molecule has 3 rings (SSSR count). The number of aromatic nitrogens is 2. The van der Waals surface area contributed by atoms with Crippen molar-refractivity contribution in [2.24, 2.45) is 0 Å². The second-order valence-electron chi connectivity index (χ2n) is 5.19. The Hall–Kier alpha value is -2.31. The first-order chi connectivity index (χ1) is 10.4. The molecule has 2 heterocycles. The molecule has 1 aliphatic heterocycles. The van der Waals surface area contributed by atoms with E-state index in [2.05, 4.69) is 5.10 Å². The lowest BCUT2D eigenvalue weighted by Crippen LogP contribution is -2.28. The highest BCUT2D eigenvalue weighted by Gasteiger charge is 2.30. The van der Waals surface area contributed by atoms with E-state index in [0.29, 0.717) is 13.1 Å². The number of carbonyl (C=O) groups is 1. The minimum Gasteiger partial charge on any atom is -0.337 e. The predicted molar refractivity (Wildman–Crippen MR) is 73.7 cm³/mol. The molecule has 7 heteroatoms. The summed E-state index contributed by atoms with van der Waals surface area (Å²) in [5, 5.41) is 4.11. The van der Waals surface area contributed by atoms with Crippen LogP contribution in [0.3, 0.4) is 0 Å². The number of benzene rings is 1. The van der Waals surface area contributed by atoms with Crippen LogP contribution in [0.25, 0.3) is 5.69 Å². The number of alkyl halides is 3. The van der Waals surface area contributed by atoms with Crippen LogP contribution in [-0.4, -0.2) is 33.7 Å². The molecule has 0 unspecified atom stereocenters. The zero-order chi connectivity index (χ0) is 15.7. The molecule has 1 aromatic heterocycles. The van der Waals surface area contributed by atoms with Gasteiger partial charge in [0, 0.05) is 19.3 Å². The number of rotatable bonds is 2. The highest BCUT2D eigenvalue weighted by atomic mass is 19.4. The van der Waals surface area contributed by atoms with Crippen molar-refractivity contribution in [2.45, 2.75) is 19.0 Å². The topological polar surface area (TPSA) is 38.1 Å². The van der Waals surface area contributed by atoms with E-state index >= 15 is 0 Å². The summed E-state index contributed by atoms with van der Waals surface area (Å²) < 4.78 is 39.5. The Morgan fingerprint density at radius 1 is 1.14 bits per heavy atom. The van der Waals surface area contributed by atoms with Crippen LogP contribution in [0.4, 0.5) is 13.2 Å².